The van der Waals surface area contributed by atoms with E-state index in [0.29, 0.717) is 17.6 Å². The van der Waals surface area contributed by atoms with Crippen LogP contribution in [0.25, 0.3) is 0 Å². The first-order valence-corrected chi connectivity index (χ1v) is 7.06. The van der Waals surface area contributed by atoms with Crippen LogP contribution in [-0.4, -0.2) is 24.8 Å². The van der Waals surface area contributed by atoms with Crippen molar-refractivity contribution in [2.24, 2.45) is 17.3 Å². The first-order chi connectivity index (χ1) is 8.25. The summed E-state index contributed by atoms with van der Waals surface area (Å²) in [6.45, 7) is 1.48. The minimum atomic E-state index is -0.303. The third-order valence-electron chi connectivity index (χ3n) is 5.79. The number of Topliss-reactive ketones (excluding diaryl/α,β-unsaturated/α-hetero) is 1. The third-order valence-corrected chi connectivity index (χ3v) is 5.79. The molecule has 1 saturated heterocycles. The summed E-state index contributed by atoms with van der Waals surface area (Å²) >= 11 is 0. The van der Waals surface area contributed by atoms with E-state index >= 15 is 0 Å². The van der Waals surface area contributed by atoms with Gasteiger partial charge < -0.3 is 9.47 Å². The van der Waals surface area contributed by atoms with Crippen molar-refractivity contribution in [3.63, 3.8) is 0 Å². The molecule has 4 fully saturated rings. The van der Waals surface area contributed by atoms with Crippen LogP contribution in [0.1, 0.15) is 44.9 Å². The lowest BCUT2D eigenvalue weighted by Crippen LogP contribution is -2.47. The summed E-state index contributed by atoms with van der Waals surface area (Å²) in [5.74, 6) is 1.35. The molecule has 0 aromatic carbocycles. The predicted octanol–water partition coefficient (Wildman–Crippen LogP) is 2.29. The molecular weight excluding hydrogens is 216 g/mol. The van der Waals surface area contributed by atoms with Crippen molar-refractivity contribution in [3.8, 4) is 0 Å². The van der Waals surface area contributed by atoms with Crippen molar-refractivity contribution in [2.45, 2.75) is 50.7 Å². The van der Waals surface area contributed by atoms with Gasteiger partial charge in [0.2, 0.25) is 0 Å². The van der Waals surface area contributed by atoms with Gasteiger partial charge in [0.15, 0.2) is 5.79 Å². The predicted molar refractivity (Wildman–Crippen MR) is 61.4 cm³/mol. The number of fused-ring (bicyclic) bond motifs is 2. The maximum Gasteiger partial charge on any atom is 0.171 e. The Bertz CT molecular complexity index is 358. The molecule has 0 radical (unpaired) electrons. The van der Waals surface area contributed by atoms with Gasteiger partial charge in [-0.1, -0.05) is 0 Å². The van der Waals surface area contributed by atoms with Crippen LogP contribution in [0.4, 0.5) is 0 Å². The molecule has 1 aliphatic heterocycles. The van der Waals surface area contributed by atoms with Crippen molar-refractivity contribution in [3.05, 3.63) is 0 Å². The van der Waals surface area contributed by atoms with Gasteiger partial charge in [0, 0.05) is 24.2 Å². The molecule has 4 rings (SSSR count). The van der Waals surface area contributed by atoms with Crippen LogP contribution in [0.3, 0.4) is 0 Å². The molecule has 3 heteroatoms. The molecule has 3 atom stereocenters. The molecule has 94 valence electrons. The summed E-state index contributed by atoms with van der Waals surface area (Å²) < 4.78 is 11.8. The highest BCUT2D eigenvalue weighted by molar-refractivity contribution is 5.86. The van der Waals surface area contributed by atoms with E-state index in [9.17, 15) is 4.79 Å². The van der Waals surface area contributed by atoms with Crippen LogP contribution in [0, 0.1) is 17.3 Å². The maximum atomic E-state index is 12.3. The molecule has 0 N–H and O–H groups in total. The number of carbonyl (C=O) groups is 1. The molecule has 1 heterocycles. The topological polar surface area (TPSA) is 35.5 Å². The molecular formula is C14H20O3. The summed E-state index contributed by atoms with van der Waals surface area (Å²) in [5.41, 5.74) is 0.0312. The molecule has 17 heavy (non-hydrogen) atoms. The Morgan fingerprint density at radius 3 is 2.76 bits per heavy atom. The number of ether oxygens (including phenoxy) is 2. The van der Waals surface area contributed by atoms with E-state index in [0.717, 1.165) is 51.7 Å². The third kappa shape index (κ3) is 1.22. The van der Waals surface area contributed by atoms with Gasteiger partial charge >= 0.3 is 0 Å². The number of carbonyl (C=O) groups excluding carboxylic acids is 1. The van der Waals surface area contributed by atoms with Gasteiger partial charge in [-0.3, -0.25) is 4.79 Å². The Labute approximate surface area is 102 Å². The molecule has 0 aromatic rings. The Morgan fingerprint density at radius 1 is 1.12 bits per heavy atom. The van der Waals surface area contributed by atoms with Crippen molar-refractivity contribution in [1.29, 1.82) is 0 Å². The normalized spacial score (nSPS) is 47.4. The fraction of sp³-hybridized carbons (Fsp3) is 0.929. The number of hydrogen-bond acceptors (Lipinski definition) is 3. The van der Waals surface area contributed by atoms with Crippen LogP contribution in [0.15, 0.2) is 0 Å². The lowest BCUT2D eigenvalue weighted by atomic mass is 9.63. The summed E-state index contributed by atoms with van der Waals surface area (Å²) in [6.07, 6.45) is 7.32. The zero-order valence-corrected chi connectivity index (χ0v) is 10.2. The van der Waals surface area contributed by atoms with Gasteiger partial charge in [0.05, 0.1) is 13.2 Å². The molecule has 2 spiro atoms. The average molecular weight is 236 g/mol. The highest BCUT2D eigenvalue weighted by atomic mass is 16.7. The number of rotatable bonds is 0. The zero-order chi connectivity index (χ0) is 11.5. The SMILES string of the molecule is O=C1CCC[C@H]2CC3C[C@@]12CCC31OCCO1. The van der Waals surface area contributed by atoms with Crippen LogP contribution < -0.4 is 0 Å². The van der Waals surface area contributed by atoms with Gasteiger partial charge in [0.25, 0.3) is 0 Å². The quantitative estimate of drug-likeness (QED) is 0.647. The lowest BCUT2D eigenvalue weighted by Gasteiger charge is -2.44. The van der Waals surface area contributed by atoms with Gasteiger partial charge in [-0.2, -0.15) is 0 Å². The van der Waals surface area contributed by atoms with Crippen LogP contribution >= 0.6 is 0 Å². The van der Waals surface area contributed by atoms with E-state index in [4.69, 9.17) is 9.47 Å². The van der Waals surface area contributed by atoms with Gasteiger partial charge in [-0.15, -0.1) is 0 Å². The van der Waals surface area contributed by atoms with E-state index in [1.807, 2.05) is 0 Å². The molecule has 1 unspecified atom stereocenters. The second-order valence-electron chi connectivity index (χ2n) is 6.31. The van der Waals surface area contributed by atoms with Gasteiger partial charge in [-0.05, 0) is 38.0 Å². The minimum Gasteiger partial charge on any atom is -0.347 e. The van der Waals surface area contributed by atoms with E-state index in [1.165, 1.54) is 6.42 Å². The largest absolute Gasteiger partial charge is 0.347 e. The van der Waals surface area contributed by atoms with Crippen molar-refractivity contribution >= 4 is 5.78 Å². The minimum absolute atomic E-state index is 0.0312. The monoisotopic (exact) mass is 236 g/mol. The Balaban J connectivity index is 1.68. The average Bonchev–Trinajstić information content (AvgIpc) is 2.89. The molecule has 4 aliphatic rings. The molecule has 0 aromatic heterocycles. The first-order valence-electron chi connectivity index (χ1n) is 7.06. The standard InChI is InChI=1S/C14H20O3/c15-12-3-1-2-10-8-11-9-13(10,12)4-5-14(11)16-6-7-17-14/h10-11H,1-9H2/t10-,11?,13+/m0/s1. The molecule has 3 nitrogen and oxygen atoms in total. The van der Waals surface area contributed by atoms with Crippen LogP contribution in [0.5, 0.6) is 0 Å². The molecule has 3 saturated carbocycles. The fourth-order valence-corrected chi connectivity index (χ4v) is 4.98. The van der Waals surface area contributed by atoms with Crippen molar-refractivity contribution in [2.75, 3.05) is 13.2 Å². The fourth-order valence-electron chi connectivity index (χ4n) is 4.98. The lowest BCUT2D eigenvalue weighted by molar-refractivity contribution is -0.214. The highest BCUT2D eigenvalue weighted by Gasteiger charge is 2.63. The zero-order valence-electron chi connectivity index (χ0n) is 10.2. The summed E-state index contributed by atoms with van der Waals surface area (Å²) in [6, 6.07) is 0. The Kier molecular flexibility index (Phi) is 2.06. The van der Waals surface area contributed by atoms with Crippen LogP contribution in [-0.2, 0) is 14.3 Å². The Morgan fingerprint density at radius 2 is 1.94 bits per heavy atom. The molecule has 3 aliphatic carbocycles. The smallest absolute Gasteiger partial charge is 0.171 e. The summed E-state index contributed by atoms with van der Waals surface area (Å²) in [7, 11) is 0. The Hall–Kier alpha value is -0.410. The van der Waals surface area contributed by atoms with Crippen molar-refractivity contribution in [1.82, 2.24) is 0 Å². The maximum absolute atomic E-state index is 12.3. The first kappa shape index (κ1) is 10.5. The number of ketones is 1. The van der Waals surface area contributed by atoms with E-state index in [1.54, 1.807) is 0 Å². The molecule has 2 bridgehead atoms. The van der Waals surface area contributed by atoms with Crippen molar-refractivity contribution < 1.29 is 14.3 Å². The van der Waals surface area contributed by atoms with Gasteiger partial charge in [-0.25, -0.2) is 0 Å². The highest BCUT2D eigenvalue weighted by Crippen LogP contribution is 2.63. The second-order valence-corrected chi connectivity index (χ2v) is 6.31. The number of hydrogen-bond donors (Lipinski definition) is 0. The van der Waals surface area contributed by atoms with Gasteiger partial charge in [0.1, 0.15) is 5.78 Å². The summed E-state index contributed by atoms with van der Waals surface area (Å²) in [4.78, 5) is 12.3. The van der Waals surface area contributed by atoms with E-state index in [-0.39, 0.29) is 11.2 Å². The second kappa shape index (κ2) is 3.33. The van der Waals surface area contributed by atoms with E-state index in [2.05, 4.69) is 0 Å². The van der Waals surface area contributed by atoms with E-state index < -0.39 is 0 Å². The molecule has 0 amide bonds. The van der Waals surface area contributed by atoms with Crippen LogP contribution in [0.2, 0.25) is 0 Å². The summed E-state index contributed by atoms with van der Waals surface area (Å²) in [5, 5.41) is 0.